The summed E-state index contributed by atoms with van der Waals surface area (Å²) in [7, 11) is 0. The highest BCUT2D eigenvalue weighted by atomic mass is 15.2. The van der Waals surface area contributed by atoms with Crippen LogP contribution in [0.5, 0.6) is 0 Å². The highest BCUT2D eigenvalue weighted by Crippen LogP contribution is 2.24. The maximum absolute atomic E-state index is 4.78. The normalized spacial score (nSPS) is 20.3. The van der Waals surface area contributed by atoms with Crippen LogP contribution in [0.15, 0.2) is 18.3 Å². The average molecular weight is 272 g/mol. The summed E-state index contributed by atoms with van der Waals surface area (Å²) in [5.41, 5.74) is 2.08. The van der Waals surface area contributed by atoms with E-state index >= 15 is 0 Å². The Labute approximate surface area is 120 Å². The number of rotatable bonds is 4. The van der Waals surface area contributed by atoms with Gasteiger partial charge in [-0.25, -0.2) is 9.97 Å². The molecule has 1 aliphatic rings. The molecule has 0 bridgehead atoms. The Morgan fingerprint density at radius 3 is 2.95 bits per heavy atom. The van der Waals surface area contributed by atoms with E-state index < -0.39 is 0 Å². The van der Waals surface area contributed by atoms with E-state index in [-0.39, 0.29) is 0 Å². The summed E-state index contributed by atoms with van der Waals surface area (Å²) < 4.78 is 2.35. The maximum Gasteiger partial charge on any atom is 0.160 e. The number of hydrogen-bond donors (Lipinski definition) is 0. The van der Waals surface area contributed by atoms with Gasteiger partial charge < -0.3 is 9.47 Å². The smallest absolute Gasteiger partial charge is 0.160 e. The first-order valence-electron chi connectivity index (χ1n) is 7.72. The summed E-state index contributed by atoms with van der Waals surface area (Å²) in [6.07, 6.45) is 3.16. The van der Waals surface area contributed by atoms with E-state index in [9.17, 15) is 0 Å². The summed E-state index contributed by atoms with van der Waals surface area (Å²) in [6, 6.07) is 4.04. The van der Waals surface area contributed by atoms with Crippen molar-refractivity contribution < 1.29 is 0 Å². The van der Waals surface area contributed by atoms with Crippen molar-refractivity contribution in [3.8, 4) is 0 Å². The van der Waals surface area contributed by atoms with Crippen molar-refractivity contribution in [2.45, 2.75) is 39.7 Å². The topological polar surface area (TPSA) is 34.0 Å². The average Bonchev–Trinajstić information content (AvgIpc) is 3.04. The minimum atomic E-state index is 0.438. The largest absolute Gasteiger partial charge is 0.312 e. The highest BCUT2D eigenvalue weighted by Gasteiger charge is 2.24. The van der Waals surface area contributed by atoms with Crippen LogP contribution in [0.2, 0.25) is 0 Å². The third kappa shape index (κ3) is 2.44. The van der Waals surface area contributed by atoms with Gasteiger partial charge in [0.15, 0.2) is 5.65 Å². The first-order valence-corrected chi connectivity index (χ1v) is 7.72. The molecule has 0 amide bonds. The van der Waals surface area contributed by atoms with E-state index in [0.717, 1.165) is 30.2 Å². The van der Waals surface area contributed by atoms with Gasteiger partial charge in [-0.2, -0.15) is 0 Å². The summed E-state index contributed by atoms with van der Waals surface area (Å²) in [4.78, 5) is 11.9. The zero-order chi connectivity index (χ0) is 14.1. The number of hydrogen-bond acceptors (Lipinski definition) is 3. The van der Waals surface area contributed by atoms with Gasteiger partial charge in [0.1, 0.15) is 11.3 Å². The molecule has 1 saturated heterocycles. The van der Waals surface area contributed by atoms with Gasteiger partial charge in [-0.1, -0.05) is 20.8 Å². The van der Waals surface area contributed by atoms with E-state index in [1.54, 1.807) is 0 Å². The lowest BCUT2D eigenvalue weighted by molar-refractivity contribution is 0.332. The quantitative estimate of drug-likeness (QED) is 0.858. The molecule has 2 aromatic heterocycles. The predicted octanol–water partition coefficient (Wildman–Crippen LogP) is 2.90. The fourth-order valence-electron chi connectivity index (χ4n) is 3.20. The molecule has 20 heavy (non-hydrogen) atoms. The van der Waals surface area contributed by atoms with E-state index in [4.69, 9.17) is 4.98 Å². The molecule has 1 fully saturated rings. The van der Waals surface area contributed by atoms with E-state index in [0.29, 0.717) is 5.92 Å². The number of fused-ring (bicyclic) bond motifs is 1. The molecule has 1 aliphatic heterocycles. The molecule has 0 radical (unpaired) electrons. The molecule has 3 heterocycles. The van der Waals surface area contributed by atoms with Crippen LogP contribution in [0.25, 0.3) is 11.2 Å². The van der Waals surface area contributed by atoms with Crippen LogP contribution in [0, 0.1) is 5.92 Å². The second kappa shape index (κ2) is 5.52. The third-order valence-electron chi connectivity index (χ3n) is 4.31. The lowest BCUT2D eigenvalue weighted by atomic mass is 10.1. The molecule has 2 aromatic rings. The second-order valence-electron chi connectivity index (χ2n) is 6.13. The minimum Gasteiger partial charge on any atom is -0.312 e. The second-order valence-corrected chi connectivity index (χ2v) is 6.13. The molecule has 0 N–H and O–H groups in total. The molecule has 1 unspecified atom stereocenters. The number of likely N-dealkylation sites (tertiary alicyclic amines) is 1. The van der Waals surface area contributed by atoms with Gasteiger partial charge in [-0.15, -0.1) is 0 Å². The van der Waals surface area contributed by atoms with Crippen molar-refractivity contribution in [1.82, 2.24) is 19.4 Å². The molecule has 0 spiro atoms. The molecule has 3 rings (SSSR count). The first-order chi connectivity index (χ1) is 9.69. The highest BCUT2D eigenvalue weighted by molar-refractivity contribution is 5.71. The van der Waals surface area contributed by atoms with Crippen LogP contribution in [-0.4, -0.2) is 39.1 Å². The Kier molecular flexibility index (Phi) is 3.74. The van der Waals surface area contributed by atoms with Gasteiger partial charge in [0.2, 0.25) is 0 Å². The Morgan fingerprint density at radius 2 is 2.25 bits per heavy atom. The predicted molar refractivity (Wildman–Crippen MR) is 81.8 cm³/mol. The van der Waals surface area contributed by atoms with Gasteiger partial charge >= 0.3 is 0 Å². The van der Waals surface area contributed by atoms with E-state index in [1.165, 1.54) is 25.3 Å². The van der Waals surface area contributed by atoms with Crippen molar-refractivity contribution in [3.05, 3.63) is 24.2 Å². The zero-order valence-corrected chi connectivity index (χ0v) is 12.7. The molecule has 0 aromatic carbocycles. The van der Waals surface area contributed by atoms with Crippen LogP contribution in [0.3, 0.4) is 0 Å². The van der Waals surface area contributed by atoms with Gasteiger partial charge in [-0.3, -0.25) is 0 Å². The van der Waals surface area contributed by atoms with Crippen molar-refractivity contribution in [1.29, 1.82) is 0 Å². The summed E-state index contributed by atoms with van der Waals surface area (Å²) in [6.45, 7) is 11.3. The van der Waals surface area contributed by atoms with Crippen LogP contribution < -0.4 is 0 Å². The van der Waals surface area contributed by atoms with Gasteiger partial charge in [-0.05, 0) is 37.6 Å². The fourth-order valence-corrected chi connectivity index (χ4v) is 3.20. The van der Waals surface area contributed by atoms with Crippen molar-refractivity contribution >= 4 is 11.2 Å². The van der Waals surface area contributed by atoms with E-state index in [1.807, 2.05) is 12.3 Å². The van der Waals surface area contributed by atoms with Crippen molar-refractivity contribution in [2.75, 3.05) is 19.6 Å². The molecule has 108 valence electrons. The Hall–Kier alpha value is -1.42. The Bertz CT molecular complexity index is 587. The fraction of sp³-hybridized carbons (Fsp3) is 0.625. The molecule has 4 heteroatoms. The van der Waals surface area contributed by atoms with Crippen LogP contribution in [0.1, 0.15) is 38.9 Å². The van der Waals surface area contributed by atoms with Crippen molar-refractivity contribution in [2.24, 2.45) is 5.92 Å². The molecule has 0 aliphatic carbocycles. The van der Waals surface area contributed by atoms with Crippen LogP contribution >= 0.6 is 0 Å². The first kappa shape index (κ1) is 13.6. The van der Waals surface area contributed by atoms with Crippen molar-refractivity contribution in [3.63, 3.8) is 0 Å². The monoisotopic (exact) mass is 272 g/mol. The maximum atomic E-state index is 4.78. The van der Waals surface area contributed by atoms with Gasteiger partial charge in [0, 0.05) is 25.2 Å². The minimum absolute atomic E-state index is 0.438. The van der Waals surface area contributed by atoms with E-state index in [2.05, 4.69) is 41.3 Å². The molecule has 4 nitrogen and oxygen atoms in total. The summed E-state index contributed by atoms with van der Waals surface area (Å²) in [5, 5.41) is 0. The lowest BCUT2D eigenvalue weighted by Gasteiger charge is -2.16. The SMILES string of the molecule is CCN1CCC(Cn2c(C(C)C)nc3cccnc32)C1. The third-order valence-corrected chi connectivity index (χ3v) is 4.31. The Morgan fingerprint density at radius 1 is 1.40 bits per heavy atom. The molecule has 0 saturated carbocycles. The molecular weight excluding hydrogens is 248 g/mol. The Balaban J connectivity index is 1.91. The summed E-state index contributed by atoms with van der Waals surface area (Å²) in [5.74, 6) is 2.34. The molecule has 1 atom stereocenters. The number of aromatic nitrogens is 3. The van der Waals surface area contributed by atoms with Gasteiger partial charge in [0.25, 0.3) is 0 Å². The number of imidazole rings is 1. The standard InChI is InChI=1S/C16H24N4/c1-4-19-9-7-13(10-19)11-20-15(12(2)3)18-14-6-5-8-17-16(14)20/h5-6,8,12-13H,4,7,9-11H2,1-3H3. The van der Waals surface area contributed by atoms with Crippen LogP contribution in [-0.2, 0) is 6.54 Å². The number of nitrogens with zero attached hydrogens (tertiary/aromatic N) is 4. The van der Waals surface area contributed by atoms with Gasteiger partial charge in [0.05, 0.1) is 0 Å². The number of pyridine rings is 1. The summed E-state index contributed by atoms with van der Waals surface area (Å²) >= 11 is 0. The molecular formula is C16H24N4. The van der Waals surface area contributed by atoms with Crippen LogP contribution in [0.4, 0.5) is 0 Å². The zero-order valence-electron chi connectivity index (χ0n) is 12.7. The lowest BCUT2D eigenvalue weighted by Crippen LogP contribution is -2.22.